The van der Waals surface area contributed by atoms with E-state index in [0.29, 0.717) is 27.1 Å². The number of fused-ring (bicyclic) bond motifs is 4. The van der Waals surface area contributed by atoms with Gasteiger partial charge in [0.15, 0.2) is 0 Å². The summed E-state index contributed by atoms with van der Waals surface area (Å²) in [4.78, 5) is 0. The second kappa shape index (κ2) is 2.16. The number of hydrogen-bond acceptors (Lipinski definition) is 0. The highest BCUT2D eigenvalue weighted by Gasteiger charge is 3.26. The average molecular weight is 309 g/mol. The lowest BCUT2D eigenvalue weighted by atomic mass is 8.75. The van der Waals surface area contributed by atoms with Crippen LogP contribution in [0, 0.1) is 78.8 Å². The van der Waals surface area contributed by atoms with E-state index < -0.39 is 0 Å². The molecule has 13 atom stereocenters. The van der Waals surface area contributed by atoms with Crippen LogP contribution >= 0.6 is 0 Å². The Hall–Kier alpha value is 0. The number of rotatable bonds is 0. The molecule has 0 aromatic carbocycles. The fourth-order valence-corrected chi connectivity index (χ4v) is 15.8. The summed E-state index contributed by atoms with van der Waals surface area (Å²) in [6.07, 6.45) is 1.62. The Bertz CT molecular complexity index is 799. The molecule has 8 aliphatic carbocycles. The monoisotopic (exact) mass is 308 g/mol. The lowest BCUT2D eigenvalue weighted by Crippen LogP contribution is -3.26. The summed E-state index contributed by atoms with van der Waals surface area (Å²) >= 11 is 0. The molecule has 3 unspecified atom stereocenters. The Labute approximate surface area is 141 Å². The van der Waals surface area contributed by atoms with Crippen LogP contribution in [0.5, 0.6) is 0 Å². The molecule has 0 heterocycles. The Morgan fingerprint density at radius 2 is 1.30 bits per heavy atom. The third-order valence-corrected chi connectivity index (χ3v) is 15.6. The second-order valence-electron chi connectivity index (χ2n) is 12.8. The summed E-state index contributed by atoms with van der Waals surface area (Å²) in [6, 6.07) is 0. The van der Waals surface area contributed by atoms with Crippen molar-refractivity contribution in [2.24, 2.45) is 78.8 Å². The standard InChI is InChI=1S/C23H32/c1-10-12-9-13-15-14-11(2)17(5)16(3,4)19(7)20(8)18(10,6)21(12,13)23(15,20)22(14,17)19/h10-15H,9H2,1-8H3/t10-,11+,12+,13-,14+,15-,17-,18?,19?,20?,21+,22+,23+/m1/s1. The van der Waals surface area contributed by atoms with Crippen LogP contribution in [0.1, 0.15) is 61.8 Å². The van der Waals surface area contributed by atoms with Gasteiger partial charge in [-0.05, 0) is 85.2 Å². The van der Waals surface area contributed by atoms with Gasteiger partial charge in [0.25, 0.3) is 0 Å². The molecule has 8 fully saturated rings. The van der Waals surface area contributed by atoms with E-state index in [9.17, 15) is 0 Å². The van der Waals surface area contributed by atoms with Crippen LogP contribution in [0.4, 0.5) is 0 Å². The van der Waals surface area contributed by atoms with Crippen molar-refractivity contribution in [2.45, 2.75) is 61.8 Å². The summed E-state index contributed by atoms with van der Waals surface area (Å²) in [6.45, 7) is 21.7. The third kappa shape index (κ3) is 0.413. The van der Waals surface area contributed by atoms with Crippen LogP contribution < -0.4 is 0 Å². The fourth-order valence-electron chi connectivity index (χ4n) is 15.8. The molecule has 0 N–H and O–H groups in total. The lowest BCUT2D eigenvalue weighted by molar-refractivity contribution is -0.827. The molecule has 0 aliphatic heterocycles. The molecule has 8 rings (SSSR count). The van der Waals surface area contributed by atoms with Crippen molar-refractivity contribution in [3.63, 3.8) is 0 Å². The average Bonchev–Trinajstić information content (AvgIpc) is 2.48. The Morgan fingerprint density at radius 1 is 0.652 bits per heavy atom. The smallest absolute Gasteiger partial charge is 0.00604 e. The normalized spacial score (nSPS) is 92.9. The fraction of sp³-hybridized carbons (Fsp3) is 1.00. The van der Waals surface area contributed by atoms with Gasteiger partial charge in [-0.2, -0.15) is 0 Å². The van der Waals surface area contributed by atoms with Gasteiger partial charge in [-0.25, -0.2) is 0 Å². The molecule has 0 radical (unpaired) electrons. The molecule has 8 saturated carbocycles. The van der Waals surface area contributed by atoms with E-state index >= 15 is 0 Å². The molecular formula is C23H32. The van der Waals surface area contributed by atoms with Crippen LogP contribution in [0.25, 0.3) is 0 Å². The zero-order chi connectivity index (χ0) is 16.2. The predicted molar refractivity (Wildman–Crippen MR) is 90.4 cm³/mol. The van der Waals surface area contributed by atoms with Crippen LogP contribution in [0.2, 0.25) is 0 Å². The Balaban J connectivity index is 1.49. The van der Waals surface area contributed by atoms with Crippen LogP contribution in [0.3, 0.4) is 0 Å². The van der Waals surface area contributed by atoms with Gasteiger partial charge in [0.1, 0.15) is 0 Å². The van der Waals surface area contributed by atoms with E-state index in [-0.39, 0.29) is 0 Å². The van der Waals surface area contributed by atoms with Gasteiger partial charge in [-0.3, -0.25) is 0 Å². The van der Waals surface area contributed by atoms with E-state index in [1.807, 2.05) is 0 Å². The van der Waals surface area contributed by atoms with E-state index in [0.717, 1.165) is 51.8 Å². The first-order valence-electron chi connectivity index (χ1n) is 10.5. The van der Waals surface area contributed by atoms with Crippen molar-refractivity contribution >= 4 is 0 Å². The highest BCUT2D eigenvalue weighted by atomic mass is 15.3. The Kier molecular flexibility index (Phi) is 1.16. The molecule has 8 aliphatic rings. The largest absolute Gasteiger partial charge is 0.0617 e. The minimum absolute atomic E-state index is 0.533. The third-order valence-electron chi connectivity index (χ3n) is 15.6. The van der Waals surface area contributed by atoms with Crippen LogP contribution in [-0.4, -0.2) is 0 Å². The van der Waals surface area contributed by atoms with Crippen molar-refractivity contribution in [3.05, 3.63) is 0 Å². The minimum Gasteiger partial charge on any atom is -0.0617 e. The van der Waals surface area contributed by atoms with Crippen molar-refractivity contribution in [2.75, 3.05) is 0 Å². The molecule has 3 spiro atoms. The van der Waals surface area contributed by atoms with E-state index in [2.05, 4.69) is 55.4 Å². The first kappa shape index (κ1) is 12.4. The number of hydrogen-bond donors (Lipinski definition) is 0. The minimum atomic E-state index is 0.533. The second-order valence-corrected chi connectivity index (χ2v) is 12.8. The Morgan fingerprint density at radius 3 is 1.96 bits per heavy atom. The summed E-state index contributed by atoms with van der Waals surface area (Å²) in [7, 11) is 0. The van der Waals surface area contributed by atoms with Crippen molar-refractivity contribution in [1.82, 2.24) is 0 Å². The van der Waals surface area contributed by atoms with Crippen molar-refractivity contribution in [1.29, 1.82) is 0 Å². The molecule has 0 heteroatoms. The maximum absolute atomic E-state index is 2.80. The highest BCUT2D eigenvalue weighted by molar-refractivity contribution is 5.72. The van der Waals surface area contributed by atoms with E-state index in [1.54, 1.807) is 6.42 Å². The van der Waals surface area contributed by atoms with Gasteiger partial charge in [0.2, 0.25) is 0 Å². The van der Waals surface area contributed by atoms with Crippen LogP contribution in [-0.2, 0) is 0 Å². The molecule has 124 valence electrons. The van der Waals surface area contributed by atoms with E-state index in [1.165, 1.54) is 0 Å². The molecule has 0 bridgehead atoms. The topological polar surface area (TPSA) is 0 Å². The summed E-state index contributed by atoms with van der Waals surface area (Å²) in [5.41, 5.74) is 5.61. The first-order chi connectivity index (χ1) is 10.5. The molecule has 0 aromatic rings. The maximum Gasteiger partial charge on any atom is -0.00604 e. The lowest BCUT2D eigenvalue weighted by Gasteiger charge is -3.28. The molecule has 23 heavy (non-hydrogen) atoms. The summed E-state index contributed by atoms with van der Waals surface area (Å²) in [5.74, 6) is 6.57. The van der Waals surface area contributed by atoms with Crippen molar-refractivity contribution < 1.29 is 0 Å². The van der Waals surface area contributed by atoms with Gasteiger partial charge < -0.3 is 0 Å². The highest BCUT2D eigenvalue weighted by Crippen LogP contribution is 3.29. The summed E-state index contributed by atoms with van der Waals surface area (Å²) < 4.78 is 0. The quantitative estimate of drug-likeness (QED) is 0.574. The predicted octanol–water partition coefficient (Wildman–Crippen LogP) is 5.23. The van der Waals surface area contributed by atoms with Gasteiger partial charge >= 0.3 is 0 Å². The van der Waals surface area contributed by atoms with Gasteiger partial charge in [0, 0.05) is 0 Å². The van der Waals surface area contributed by atoms with Gasteiger partial charge in [-0.1, -0.05) is 55.4 Å². The van der Waals surface area contributed by atoms with Gasteiger partial charge in [-0.15, -0.1) is 0 Å². The maximum atomic E-state index is 2.80. The molecule has 0 aromatic heterocycles. The van der Waals surface area contributed by atoms with Gasteiger partial charge in [0.05, 0.1) is 0 Å². The SMILES string of the molecule is C[C@@H]1[C@@H]2C[C@@H]3[C@@H]4[C@@H]5[C@H](C)[C@]6(C)C(C)(C)C7(C)C8(C)C1(C)[C@@]32[C@]48[C@]576. The molecular weight excluding hydrogens is 276 g/mol. The molecule has 0 nitrogen and oxygen atoms in total. The molecule has 0 amide bonds. The molecule has 0 saturated heterocycles. The summed E-state index contributed by atoms with van der Waals surface area (Å²) in [5, 5.41) is 0. The van der Waals surface area contributed by atoms with Crippen molar-refractivity contribution in [3.8, 4) is 0 Å². The first-order valence-corrected chi connectivity index (χ1v) is 10.5. The zero-order valence-electron chi connectivity index (χ0n) is 16.2. The van der Waals surface area contributed by atoms with E-state index in [4.69, 9.17) is 0 Å². The van der Waals surface area contributed by atoms with Crippen LogP contribution in [0.15, 0.2) is 0 Å². The zero-order valence-corrected chi connectivity index (χ0v) is 16.2.